The average Bonchev–Trinajstić information content (AvgIpc) is 3.17. The Bertz CT molecular complexity index is 712. The third-order valence-electron chi connectivity index (χ3n) is 4.13. The van der Waals surface area contributed by atoms with E-state index in [1.54, 1.807) is 12.1 Å². The number of hydrogen-bond donors (Lipinski definition) is 2. The number of alkyl halides is 3. The molecule has 3 rings (SSSR count). The molecular weight excluding hydrogens is 323 g/mol. The molecule has 0 bridgehead atoms. The van der Waals surface area contributed by atoms with Gasteiger partial charge in [0.15, 0.2) is 0 Å². The molecule has 0 radical (unpaired) electrons. The van der Waals surface area contributed by atoms with Crippen LogP contribution in [0.1, 0.15) is 35.3 Å². The summed E-state index contributed by atoms with van der Waals surface area (Å²) in [5.74, 6) is 0.166. The zero-order valence-electron chi connectivity index (χ0n) is 12.6. The molecule has 24 heavy (non-hydrogen) atoms. The molecule has 1 fully saturated rings. The molecule has 0 unspecified atom stereocenters. The first-order valence-electron chi connectivity index (χ1n) is 7.53. The van der Waals surface area contributed by atoms with Crippen LogP contribution in [0, 0.1) is 5.92 Å². The Balaban J connectivity index is 1.59. The van der Waals surface area contributed by atoms with Crippen molar-refractivity contribution in [2.24, 2.45) is 5.92 Å². The maximum Gasteiger partial charge on any atom is 0.416 e. The highest BCUT2D eigenvalue weighted by Crippen LogP contribution is 2.47. The average molecular weight is 339 g/mol. The van der Waals surface area contributed by atoms with Gasteiger partial charge in [-0.05, 0) is 30.2 Å². The Hall–Kier alpha value is -2.28. The number of nitrogens with one attached hydrogen (secondary N) is 1. The summed E-state index contributed by atoms with van der Waals surface area (Å²) in [4.78, 5) is 12.0. The topological polar surface area (TPSA) is 62.5 Å². The molecule has 3 atom stereocenters. The highest BCUT2D eigenvalue weighted by Gasteiger charge is 2.45. The van der Waals surface area contributed by atoms with E-state index < -0.39 is 17.8 Å². The van der Waals surface area contributed by atoms with E-state index in [1.807, 2.05) is 0 Å². The molecule has 1 aliphatic rings. The van der Waals surface area contributed by atoms with Gasteiger partial charge in [-0.15, -0.1) is 0 Å². The fraction of sp³-hybridized carbons (Fsp3) is 0.353. The number of rotatable bonds is 5. The van der Waals surface area contributed by atoms with Crippen molar-refractivity contribution in [1.82, 2.24) is 5.32 Å². The van der Waals surface area contributed by atoms with E-state index in [-0.39, 0.29) is 29.9 Å². The lowest BCUT2D eigenvalue weighted by molar-refractivity contribution is -0.139. The molecular formula is C17H16F3NO3. The largest absolute Gasteiger partial charge is 0.469 e. The van der Waals surface area contributed by atoms with Gasteiger partial charge < -0.3 is 14.8 Å². The number of furan rings is 1. The first kappa shape index (κ1) is 16.6. The van der Waals surface area contributed by atoms with Crippen molar-refractivity contribution in [2.75, 3.05) is 6.54 Å². The molecule has 0 spiro atoms. The summed E-state index contributed by atoms with van der Waals surface area (Å²) >= 11 is 0. The van der Waals surface area contributed by atoms with E-state index in [0.29, 0.717) is 6.42 Å². The lowest BCUT2D eigenvalue weighted by Crippen LogP contribution is -2.30. The van der Waals surface area contributed by atoms with Crippen LogP contribution in [-0.2, 0) is 11.0 Å². The van der Waals surface area contributed by atoms with E-state index in [4.69, 9.17) is 4.42 Å². The van der Waals surface area contributed by atoms with E-state index in [9.17, 15) is 23.1 Å². The predicted octanol–water partition coefficient (Wildman–Crippen LogP) is 3.25. The van der Waals surface area contributed by atoms with Crippen molar-refractivity contribution in [3.05, 3.63) is 59.5 Å². The monoisotopic (exact) mass is 339 g/mol. The van der Waals surface area contributed by atoms with E-state index >= 15 is 0 Å². The zero-order valence-corrected chi connectivity index (χ0v) is 12.6. The van der Waals surface area contributed by atoms with Crippen molar-refractivity contribution in [2.45, 2.75) is 24.6 Å². The van der Waals surface area contributed by atoms with E-state index in [1.165, 1.54) is 24.5 Å². The van der Waals surface area contributed by atoms with Crippen LogP contribution < -0.4 is 5.32 Å². The van der Waals surface area contributed by atoms with Crippen LogP contribution >= 0.6 is 0 Å². The number of carbonyl (C=O) groups excluding carboxylic acids is 1. The van der Waals surface area contributed by atoms with Crippen molar-refractivity contribution in [3.8, 4) is 0 Å². The van der Waals surface area contributed by atoms with E-state index in [0.717, 1.165) is 11.8 Å². The molecule has 0 saturated heterocycles. The quantitative estimate of drug-likeness (QED) is 0.879. The van der Waals surface area contributed by atoms with Crippen molar-refractivity contribution < 1.29 is 27.5 Å². The zero-order chi connectivity index (χ0) is 17.3. The Morgan fingerprint density at radius 3 is 2.71 bits per heavy atom. The second-order valence-electron chi connectivity index (χ2n) is 5.81. The molecule has 128 valence electrons. The fourth-order valence-electron chi connectivity index (χ4n) is 2.79. The number of amides is 1. The third kappa shape index (κ3) is 3.46. The molecule has 0 aliphatic heterocycles. The Morgan fingerprint density at radius 1 is 1.29 bits per heavy atom. The van der Waals surface area contributed by atoms with Crippen LogP contribution in [0.15, 0.2) is 47.1 Å². The van der Waals surface area contributed by atoms with Gasteiger partial charge in [-0.3, -0.25) is 4.79 Å². The van der Waals surface area contributed by atoms with Crippen LogP contribution in [0.25, 0.3) is 0 Å². The van der Waals surface area contributed by atoms with Gasteiger partial charge in [-0.2, -0.15) is 13.2 Å². The highest BCUT2D eigenvalue weighted by atomic mass is 19.4. The standard InChI is InChI=1S/C17H16F3NO3/c18-17(19,20)13-5-2-1-4-10(13)14(22)9-21-16(23)12-8-11(12)15-6-3-7-24-15/h1-7,11-12,14,22H,8-9H2,(H,21,23)/t11-,12-,14+/m1/s1. The number of carbonyl (C=O) groups is 1. The smallest absolute Gasteiger partial charge is 0.416 e. The molecule has 1 aliphatic carbocycles. The minimum absolute atomic E-state index is 0.000366. The molecule has 1 saturated carbocycles. The van der Waals surface area contributed by atoms with Gasteiger partial charge >= 0.3 is 6.18 Å². The van der Waals surface area contributed by atoms with Crippen LogP contribution in [0.5, 0.6) is 0 Å². The summed E-state index contributed by atoms with van der Waals surface area (Å²) < 4.78 is 44.1. The molecule has 2 aromatic rings. The summed E-state index contributed by atoms with van der Waals surface area (Å²) in [6.07, 6.45) is -3.81. The van der Waals surface area contributed by atoms with Gasteiger partial charge in [-0.1, -0.05) is 18.2 Å². The van der Waals surface area contributed by atoms with Crippen LogP contribution in [0.2, 0.25) is 0 Å². The Kier molecular flexibility index (Phi) is 4.36. The van der Waals surface area contributed by atoms with Crippen LogP contribution in [0.4, 0.5) is 13.2 Å². The molecule has 2 N–H and O–H groups in total. The second kappa shape index (κ2) is 6.32. The molecule has 1 amide bonds. The van der Waals surface area contributed by atoms with Crippen LogP contribution in [-0.4, -0.2) is 17.6 Å². The van der Waals surface area contributed by atoms with Gasteiger partial charge in [0, 0.05) is 18.4 Å². The minimum atomic E-state index is -4.55. The lowest BCUT2D eigenvalue weighted by atomic mass is 10.0. The van der Waals surface area contributed by atoms with Gasteiger partial charge in [0.1, 0.15) is 5.76 Å². The molecule has 1 heterocycles. The number of hydrogen-bond acceptors (Lipinski definition) is 3. The van der Waals surface area contributed by atoms with Gasteiger partial charge in [0.25, 0.3) is 0 Å². The first-order valence-corrected chi connectivity index (χ1v) is 7.53. The molecule has 4 nitrogen and oxygen atoms in total. The summed E-state index contributed by atoms with van der Waals surface area (Å²) in [5.41, 5.74) is -1.14. The van der Waals surface area contributed by atoms with Crippen LogP contribution in [0.3, 0.4) is 0 Å². The number of aliphatic hydroxyl groups excluding tert-OH is 1. The highest BCUT2D eigenvalue weighted by molar-refractivity contribution is 5.82. The van der Waals surface area contributed by atoms with Crippen molar-refractivity contribution in [3.63, 3.8) is 0 Å². The third-order valence-corrected chi connectivity index (χ3v) is 4.13. The SMILES string of the molecule is O=C(NC[C@H](O)c1ccccc1C(F)(F)F)[C@@H]1C[C@H]1c1ccco1. The van der Waals surface area contributed by atoms with Gasteiger partial charge in [-0.25, -0.2) is 0 Å². The number of aliphatic hydroxyl groups is 1. The summed E-state index contributed by atoms with van der Waals surface area (Å²) in [6, 6.07) is 8.32. The normalized spacial score (nSPS) is 21.3. The van der Waals surface area contributed by atoms with Crippen molar-refractivity contribution in [1.29, 1.82) is 0 Å². The van der Waals surface area contributed by atoms with Gasteiger partial charge in [0.05, 0.1) is 17.9 Å². The lowest BCUT2D eigenvalue weighted by Gasteiger charge is -2.17. The van der Waals surface area contributed by atoms with Gasteiger partial charge in [0.2, 0.25) is 5.91 Å². The Morgan fingerprint density at radius 2 is 2.04 bits per heavy atom. The fourth-order valence-corrected chi connectivity index (χ4v) is 2.79. The minimum Gasteiger partial charge on any atom is -0.469 e. The molecule has 1 aromatic heterocycles. The van der Waals surface area contributed by atoms with Crippen molar-refractivity contribution >= 4 is 5.91 Å². The second-order valence-corrected chi connectivity index (χ2v) is 5.81. The Labute approximate surface area is 136 Å². The summed E-state index contributed by atoms with van der Waals surface area (Å²) in [5, 5.41) is 12.5. The predicted molar refractivity (Wildman–Crippen MR) is 79.0 cm³/mol. The number of halogens is 3. The van der Waals surface area contributed by atoms with E-state index in [2.05, 4.69) is 5.32 Å². The molecule has 1 aromatic carbocycles. The first-order chi connectivity index (χ1) is 11.4. The number of benzene rings is 1. The summed E-state index contributed by atoms with van der Waals surface area (Å²) in [6.45, 7) is -0.271. The summed E-state index contributed by atoms with van der Waals surface area (Å²) in [7, 11) is 0. The maximum absolute atomic E-state index is 12.9. The maximum atomic E-state index is 12.9. The molecule has 7 heteroatoms.